The minimum absolute atomic E-state index is 0.228. The number of hydrogen-bond acceptors (Lipinski definition) is 4. The Kier molecular flexibility index (Phi) is 6.38. The Morgan fingerprint density at radius 1 is 0.972 bits per heavy atom. The van der Waals surface area contributed by atoms with Crippen LogP contribution in [-0.4, -0.2) is 37.6 Å². The number of fused-ring (bicyclic) bond motifs is 5. The Labute approximate surface area is 210 Å². The fraction of sp³-hybridized carbons (Fsp3) is 0.241. The molecule has 1 aliphatic rings. The predicted octanol–water partition coefficient (Wildman–Crippen LogP) is 5.47. The fourth-order valence-electron chi connectivity index (χ4n) is 4.83. The van der Waals surface area contributed by atoms with Crippen molar-refractivity contribution in [2.24, 2.45) is 0 Å². The predicted molar refractivity (Wildman–Crippen MR) is 141 cm³/mol. The number of anilines is 1. The third kappa shape index (κ3) is 3.96. The van der Waals surface area contributed by atoms with Crippen LogP contribution in [0.25, 0.3) is 22.0 Å². The molecule has 0 bridgehead atoms. The summed E-state index contributed by atoms with van der Waals surface area (Å²) >= 11 is 0. The second-order valence-corrected chi connectivity index (χ2v) is 8.80. The first-order valence-corrected chi connectivity index (χ1v) is 12.1. The van der Waals surface area contributed by atoms with E-state index < -0.39 is 6.04 Å². The smallest absolute Gasteiger partial charge is 0.259 e. The summed E-state index contributed by atoms with van der Waals surface area (Å²) < 4.78 is 10.8. The number of carbonyl (C=O) groups is 2. The quantitative estimate of drug-likeness (QED) is 0.342. The average molecular weight is 484 g/mol. The Morgan fingerprint density at radius 3 is 2.53 bits per heavy atom. The summed E-state index contributed by atoms with van der Waals surface area (Å²) in [7, 11) is 3.20. The maximum Gasteiger partial charge on any atom is 0.259 e. The number of ether oxygens (including phenoxy) is 2. The molecule has 0 saturated heterocycles. The summed E-state index contributed by atoms with van der Waals surface area (Å²) in [4.78, 5) is 32.8. The molecule has 0 saturated carbocycles. The van der Waals surface area contributed by atoms with E-state index >= 15 is 0 Å². The number of benzene rings is 3. The lowest BCUT2D eigenvalue weighted by atomic mass is 9.90. The van der Waals surface area contributed by atoms with Crippen molar-refractivity contribution in [2.45, 2.75) is 25.8 Å². The summed E-state index contributed by atoms with van der Waals surface area (Å²) in [6, 6.07) is 19.6. The van der Waals surface area contributed by atoms with Crippen molar-refractivity contribution in [1.82, 2.24) is 10.3 Å². The van der Waals surface area contributed by atoms with Crippen LogP contribution in [0.5, 0.6) is 11.5 Å². The van der Waals surface area contributed by atoms with Gasteiger partial charge in [0.25, 0.3) is 5.91 Å². The van der Waals surface area contributed by atoms with Gasteiger partial charge in [-0.05, 0) is 48.9 Å². The summed E-state index contributed by atoms with van der Waals surface area (Å²) in [6.07, 6.45) is 1.81. The first-order valence-electron chi connectivity index (χ1n) is 12.1. The second kappa shape index (κ2) is 9.77. The highest BCUT2D eigenvalue weighted by atomic mass is 16.5. The zero-order chi connectivity index (χ0) is 25.2. The number of para-hydroxylation sites is 1. The summed E-state index contributed by atoms with van der Waals surface area (Å²) in [6.45, 7) is 2.61. The summed E-state index contributed by atoms with van der Waals surface area (Å²) in [5.41, 5.74) is 4.46. The van der Waals surface area contributed by atoms with E-state index in [-0.39, 0.29) is 11.8 Å². The second-order valence-electron chi connectivity index (χ2n) is 8.80. The number of unbranched alkanes of at least 4 members (excludes halogenated alkanes) is 1. The molecule has 4 aromatic rings. The molecular formula is C29H29N3O4. The number of H-pyrrole nitrogens is 1. The zero-order valence-electron chi connectivity index (χ0n) is 20.6. The van der Waals surface area contributed by atoms with Gasteiger partial charge in [0.05, 0.1) is 25.6 Å². The highest BCUT2D eigenvalue weighted by molar-refractivity contribution is 6.16. The Hall–Kier alpha value is -4.26. The minimum atomic E-state index is -0.871. The lowest BCUT2D eigenvalue weighted by molar-refractivity contribution is -0.122. The van der Waals surface area contributed by atoms with Crippen LogP contribution in [0, 0.1) is 0 Å². The van der Waals surface area contributed by atoms with Crippen LogP contribution in [0.3, 0.4) is 0 Å². The van der Waals surface area contributed by atoms with Crippen LogP contribution in [0.15, 0.2) is 66.7 Å². The van der Waals surface area contributed by atoms with Gasteiger partial charge in [-0.1, -0.05) is 37.6 Å². The third-order valence-electron chi connectivity index (χ3n) is 6.61. The van der Waals surface area contributed by atoms with Crippen molar-refractivity contribution in [3.05, 3.63) is 78.0 Å². The Bertz CT molecular complexity index is 1440. The summed E-state index contributed by atoms with van der Waals surface area (Å²) in [5.74, 6) is 0.793. The lowest BCUT2D eigenvalue weighted by Crippen LogP contribution is -2.46. The molecule has 0 aliphatic carbocycles. The number of amides is 2. The van der Waals surface area contributed by atoms with Gasteiger partial charge in [-0.3, -0.25) is 14.5 Å². The summed E-state index contributed by atoms with van der Waals surface area (Å²) in [5, 5.41) is 3.99. The van der Waals surface area contributed by atoms with Gasteiger partial charge in [-0.2, -0.15) is 0 Å². The molecule has 7 heteroatoms. The minimum Gasteiger partial charge on any atom is -0.497 e. The van der Waals surface area contributed by atoms with Crippen LogP contribution >= 0.6 is 0 Å². The number of hydrogen-bond donors (Lipinski definition) is 2. The van der Waals surface area contributed by atoms with Crippen LogP contribution in [-0.2, 0) is 4.79 Å². The van der Waals surface area contributed by atoms with Crippen molar-refractivity contribution in [1.29, 1.82) is 0 Å². The first-order chi connectivity index (χ1) is 17.6. The molecule has 0 spiro atoms. The third-order valence-corrected chi connectivity index (χ3v) is 6.61. The van der Waals surface area contributed by atoms with Crippen molar-refractivity contribution in [3.63, 3.8) is 0 Å². The molecule has 1 aromatic heterocycles. The molecule has 36 heavy (non-hydrogen) atoms. The van der Waals surface area contributed by atoms with E-state index in [2.05, 4.69) is 17.2 Å². The SMILES string of the molecule is CCCCNC(=O)C1c2[nH]c3ccc(OC)cc3c2-c2ccccc2N1C(=O)c1cccc(OC)c1. The van der Waals surface area contributed by atoms with Crippen molar-refractivity contribution in [3.8, 4) is 22.6 Å². The normalized spacial score (nSPS) is 14.2. The highest BCUT2D eigenvalue weighted by Gasteiger charge is 2.41. The van der Waals surface area contributed by atoms with Gasteiger partial charge in [-0.25, -0.2) is 0 Å². The van der Waals surface area contributed by atoms with Crippen LogP contribution in [0.1, 0.15) is 41.9 Å². The molecule has 0 fully saturated rings. The molecule has 1 atom stereocenters. The number of nitrogens with one attached hydrogen (secondary N) is 2. The van der Waals surface area contributed by atoms with Crippen molar-refractivity contribution < 1.29 is 19.1 Å². The maximum absolute atomic E-state index is 14.1. The van der Waals surface area contributed by atoms with Gasteiger partial charge in [0.1, 0.15) is 11.5 Å². The number of nitrogens with zero attached hydrogens (tertiary/aromatic N) is 1. The average Bonchev–Trinajstić information content (AvgIpc) is 3.30. The molecule has 2 amide bonds. The topological polar surface area (TPSA) is 83.7 Å². The van der Waals surface area contributed by atoms with Gasteiger partial charge < -0.3 is 19.8 Å². The van der Waals surface area contributed by atoms with E-state index in [0.29, 0.717) is 29.2 Å². The zero-order valence-corrected chi connectivity index (χ0v) is 20.6. The van der Waals surface area contributed by atoms with Crippen LogP contribution < -0.4 is 19.7 Å². The van der Waals surface area contributed by atoms with Gasteiger partial charge in [0.2, 0.25) is 5.91 Å². The molecule has 1 aliphatic heterocycles. The number of methoxy groups -OCH3 is 2. The lowest BCUT2D eigenvalue weighted by Gasteiger charge is -2.36. The molecule has 1 unspecified atom stereocenters. The Balaban J connectivity index is 1.73. The first kappa shape index (κ1) is 23.5. The van der Waals surface area contributed by atoms with Crippen molar-refractivity contribution in [2.75, 3.05) is 25.7 Å². The largest absolute Gasteiger partial charge is 0.497 e. The molecule has 184 valence electrons. The van der Waals surface area contributed by atoms with Crippen LogP contribution in [0.4, 0.5) is 5.69 Å². The molecular weight excluding hydrogens is 454 g/mol. The highest BCUT2D eigenvalue weighted by Crippen LogP contribution is 2.49. The fourth-order valence-corrected chi connectivity index (χ4v) is 4.83. The van der Waals surface area contributed by atoms with E-state index in [1.807, 2.05) is 42.5 Å². The molecule has 2 N–H and O–H groups in total. The number of aromatic nitrogens is 1. The van der Waals surface area contributed by atoms with E-state index in [9.17, 15) is 9.59 Å². The van der Waals surface area contributed by atoms with Gasteiger partial charge in [-0.15, -0.1) is 0 Å². The molecule has 2 heterocycles. The van der Waals surface area contributed by atoms with E-state index in [1.54, 1.807) is 43.4 Å². The number of rotatable bonds is 7. The van der Waals surface area contributed by atoms with E-state index in [1.165, 1.54) is 0 Å². The van der Waals surface area contributed by atoms with Crippen molar-refractivity contribution >= 4 is 28.4 Å². The van der Waals surface area contributed by atoms with Gasteiger partial charge >= 0.3 is 0 Å². The van der Waals surface area contributed by atoms with Gasteiger partial charge in [0, 0.05) is 34.1 Å². The number of aromatic amines is 1. The van der Waals surface area contributed by atoms with Crippen LogP contribution in [0.2, 0.25) is 0 Å². The molecule has 3 aromatic carbocycles. The van der Waals surface area contributed by atoms with Gasteiger partial charge in [0.15, 0.2) is 6.04 Å². The van der Waals surface area contributed by atoms with E-state index in [4.69, 9.17) is 9.47 Å². The molecule has 5 rings (SSSR count). The molecule has 0 radical (unpaired) electrons. The van der Waals surface area contributed by atoms with E-state index in [0.717, 1.165) is 40.6 Å². The Morgan fingerprint density at radius 2 is 1.75 bits per heavy atom. The monoisotopic (exact) mass is 483 g/mol. The number of carbonyl (C=O) groups excluding carboxylic acids is 2. The maximum atomic E-state index is 14.1. The standard InChI is InChI=1S/C29H29N3O4/c1-4-5-15-30-28(33)27-26-25(22-17-20(36-3)13-14-23(22)31-26)21-11-6-7-12-24(21)32(27)29(34)18-9-8-10-19(16-18)35-2/h6-14,16-17,27,31H,4-5,15H2,1-3H3,(H,30,33). The molecule has 7 nitrogen and oxygen atoms in total.